The number of piperazine rings is 1. The van der Waals surface area contributed by atoms with Crippen molar-refractivity contribution in [3.8, 4) is 0 Å². The van der Waals surface area contributed by atoms with Crippen LogP contribution in [0.5, 0.6) is 0 Å². The van der Waals surface area contributed by atoms with E-state index in [1.54, 1.807) is 0 Å². The van der Waals surface area contributed by atoms with E-state index in [9.17, 15) is 14.4 Å². The molecule has 2 N–H and O–H groups in total. The van der Waals surface area contributed by atoms with E-state index in [1.807, 2.05) is 0 Å². The number of hydrogen-bond donors (Lipinski definition) is 2. The maximum absolute atomic E-state index is 12.0. The lowest BCUT2D eigenvalue weighted by molar-refractivity contribution is -0.155. The van der Waals surface area contributed by atoms with Crippen molar-refractivity contribution < 1.29 is 24.2 Å². The van der Waals surface area contributed by atoms with Gasteiger partial charge in [-0.3, -0.25) is 9.59 Å². The van der Waals surface area contributed by atoms with E-state index in [0.29, 0.717) is 6.61 Å². The molecule has 0 radical (unpaired) electrons. The highest BCUT2D eigenvalue weighted by molar-refractivity contribution is 5.91. The van der Waals surface area contributed by atoms with Gasteiger partial charge >= 0.3 is 5.97 Å². The van der Waals surface area contributed by atoms with Crippen LogP contribution in [0.2, 0.25) is 0 Å². The Hall–Kier alpha value is -1.63. The van der Waals surface area contributed by atoms with Crippen molar-refractivity contribution >= 4 is 17.8 Å². The summed E-state index contributed by atoms with van der Waals surface area (Å²) >= 11 is 0. The Morgan fingerprint density at radius 3 is 2.89 bits per heavy atom. The number of amides is 2. The highest BCUT2D eigenvalue weighted by Crippen LogP contribution is 2.17. The number of nitrogens with one attached hydrogen (secondary N) is 1. The van der Waals surface area contributed by atoms with E-state index < -0.39 is 12.0 Å². The van der Waals surface area contributed by atoms with Crippen molar-refractivity contribution in [2.75, 3.05) is 19.7 Å². The van der Waals surface area contributed by atoms with Crippen LogP contribution in [-0.4, -0.2) is 59.6 Å². The molecule has 7 heteroatoms. The van der Waals surface area contributed by atoms with Gasteiger partial charge in [-0.15, -0.1) is 0 Å². The summed E-state index contributed by atoms with van der Waals surface area (Å²) in [5.74, 6) is -1.76. The van der Waals surface area contributed by atoms with Gasteiger partial charge in [-0.2, -0.15) is 0 Å². The number of carboxylic acids is 1. The van der Waals surface area contributed by atoms with Gasteiger partial charge in [0.1, 0.15) is 12.6 Å². The van der Waals surface area contributed by atoms with E-state index in [0.717, 1.165) is 17.7 Å². The van der Waals surface area contributed by atoms with E-state index >= 15 is 0 Å². The minimum absolute atomic E-state index is 0.0363. The third kappa shape index (κ3) is 2.79. The van der Waals surface area contributed by atoms with Crippen LogP contribution < -0.4 is 5.32 Å². The highest BCUT2D eigenvalue weighted by atomic mass is 16.5. The second-order valence-corrected chi connectivity index (χ2v) is 4.52. The lowest BCUT2D eigenvalue weighted by Gasteiger charge is -2.33. The fraction of sp³-hybridized carbons (Fsp3) is 0.727. The van der Waals surface area contributed by atoms with Gasteiger partial charge in [0.15, 0.2) is 0 Å². The summed E-state index contributed by atoms with van der Waals surface area (Å²) < 4.78 is 5.34. The molecule has 18 heavy (non-hydrogen) atoms. The van der Waals surface area contributed by atoms with E-state index in [4.69, 9.17) is 9.84 Å². The van der Waals surface area contributed by atoms with Crippen molar-refractivity contribution in [2.24, 2.45) is 0 Å². The van der Waals surface area contributed by atoms with E-state index in [-0.39, 0.29) is 37.4 Å². The van der Waals surface area contributed by atoms with Gasteiger partial charge in [-0.25, -0.2) is 4.79 Å². The molecule has 2 saturated heterocycles. The summed E-state index contributed by atoms with van der Waals surface area (Å²) in [6.07, 6.45) is 1.73. The van der Waals surface area contributed by atoms with Crippen LogP contribution in [0.3, 0.4) is 0 Å². The van der Waals surface area contributed by atoms with E-state index in [1.165, 1.54) is 0 Å². The molecular formula is C11H16N2O5. The molecule has 2 heterocycles. The first-order chi connectivity index (χ1) is 8.58. The number of carbonyl (C=O) groups excluding carboxylic acids is 2. The summed E-state index contributed by atoms with van der Waals surface area (Å²) in [6.45, 7) is 0.411. The second kappa shape index (κ2) is 5.34. The monoisotopic (exact) mass is 256 g/mol. The fourth-order valence-corrected chi connectivity index (χ4v) is 2.24. The van der Waals surface area contributed by atoms with Gasteiger partial charge in [-0.05, 0) is 12.8 Å². The smallest absolute Gasteiger partial charge is 0.328 e. The van der Waals surface area contributed by atoms with Crippen molar-refractivity contribution in [3.05, 3.63) is 0 Å². The molecule has 0 aromatic heterocycles. The Morgan fingerprint density at radius 1 is 1.50 bits per heavy atom. The third-order valence-electron chi connectivity index (χ3n) is 3.21. The Labute approximate surface area is 104 Å². The zero-order valence-electron chi connectivity index (χ0n) is 9.92. The van der Waals surface area contributed by atoms with Crippen molar-refractivity contribution in [3.63, 3.8) is 0 Å². The molecule has 2 fully saturated rings. The van der Waals surface area contributed by atoms with Gasteiger partial charge in [0.25, 0.3) is 0 Å². The number of carbonyl (C=O) groups is 3. The Kier molecular flexibility index (Phi) is 3.81. The summed E-state index contributed by atoms with van der Waals surface area (Å²) in [5, 5.41) is 11.5. The molecule has 2 aliphatic rings. The molecule has 2 aliphatic heterocycles. The zero-order valence-corrected chi connectivity index (χ0v) is 9.92. The lowest BCUT2D eigenvalue weighted by atomic mass is 10.1. The Morgan fingerprint density at radius 2 is 2.28 bits per heavy atom. The first-order valence-electron chi connectivity index (χ1n) is 5.98. The molecule has 100 valence electrons. The first kappa shape index (κ1) is 12.8. The number of carboxylic acid groups (broad SMARTS) is 1. The third-order valence-corrected chi connectivity index (χ3v) is 3.21. The van der Waals surface area contributed by atoms with Crippen molar-refractivity contribution in [2.45, 2.75) is 31.4 Å². The van der Waals surface area contributed by atoms with E-state index in [2.05, 4.69) is 5.32 Å². The number of nitrogens with zero attached hydrogens (tertiary/aromatic N) is 1. The molecule has 0 aromatic rings. The van der Waals surface area contributed by atoms with Gasteiger partial charge in [0, 0.05) is 13.2 Å². The molecule has 0 bridgehead atoms. The van der Waals surface area contributed by atoms with Crippen LogP contribution in [0.25, 0.3) is 0 Å². The van der Waals surface area contributed by atoms with Crippen molar-refractivity contribution in [1.82, 2.24) is 10.2 Å². The summed E-state index contributed by atoms with van der Waals surface area (Å²) in [7, 11) is 0. The van der Waals surface area contributed by atoms with Crippen LogP contribution in [0.15, 0.2) is 0 Å². The predicted octanol–water partition coefficient (Wildman–Crippen LogP) is -1.03. The maximum Gasteiger partial charge on any atom is 0.328 e. The molecule has 2 unspecified atom stereocenters. The highest BCUT2D eigenvalue weighted by Gasteiger charge is 2.36. The molecule has 2 atom stereocenters. The Balaban J connectivity index is 1.99. The Bertz CT molecular complexity index is 364. The molecule has 0 saturated carbocycles. The minimum Gasteiger partial charge on any atom is -0.480 e. The lowest BCUT2D eigenvalue weighted by Crippen LogP contribution is -2.59. The molecule has 0 spiro atoms. The molecule has 2 rings (SSSR count). The number of rotatable bonds is 3. The fourth-order valence-electron chi connectivity index (χ4n) is 2.24. The van der Waals surface area contributed by atoms with Crippen molar-refractivity contribution in [1.29, 1.82) is 0 Å². The average Bonchev–Trinajstić information content (AvgIpc) is 2.81. The van der Waals surface area contributed by atoms with Gasteiger partial charge in [0.2, 0.25) is 11.8 Å². The SMILES string of the molecule is O=C1CN(C(=O)CC2CCCO2)C(C(=O)O)CN1. The van der Waals surface area contributed by atoms with Crippen LogP contribution in [-0.2, 0) is 19.1 Å². The normalized spacial score (nSPS) is 28.0. The van der Waals surface area contributed by atoms with Gasteiger partial charge in [0.05, 0.1) is 12.5 Å². The number of aliphatic carboxylic acids is 1. The molecule has 7 nitrogen and oxygen atoms in total. The summed E-state index contributed by atoms with van der Waals surface area (Å²) in [5.41, 5.74) is 0. The summed E-state index contributed by atoms with van der Waals surface area (Å²) in [6, 6.07) is -0.975. The molecular weight excluding hydrogens is 240 g/mol. The van der Waals surface area contributed by atoms with Crippen LogP contribution in [0, 0.1) is 0 Å². The van der Waals surface area contributed by atoms with Crippen LogP contribution in [0.4, 0.5) is 0 Å². The number of hydrogen-bond acceptors (Lipinski definition) is 4. The topological polar surface area (TPSA) is 95.9 Å². The molecule has 0 aliphatic carbocycles. The predicted molar refractivity (Wildman–Crippen MR) is 59.7 cm³/mol. The summed E-state index contributed by atoms with van der Waals surface area (Å²) in [4.78, 5) is 35.4. The average molecular weight is 256 g/mol. The van der Waals surface area contributed by atoms with Gasteiger partial charge < -0.3 is 20.1 Å². The minimum atomic E-state index is -1.10. The standard InChI is InChI=1S/C11H16N2O5/c14-9-6-13(8(5-12-9)11(16)17)10(15)4-7-2-1-3-18-7/h7-8H,1-6H2,(H,12,14)(H,16,17). The second-order valence-electron chi connectivity index (χ2n) is 4.52. The first-order valence-corrected chi connectivity index (χ1v) is 5.98. The zero-order chi connectivity index (χ0) is 13.1. The quantitative estimate of drug-likeness (QED) is 0.673. The maximum atomic E-state index is 12.0. The number of ether oxygens (including phenoxy) is 1. The van der Waals surface area contributed by atoms with Gasteiger partial charge in [-0.1, -0.05) is 0 Å². The largest absolute Gasteiger partial charge is 0.480 e. The van der Waals surface area contributed by atoms with Crippen LogP contribution in [0.1, 0.15) is 19.3 Å². The molecule has 0 aromatic carbocycles. The molecule has 2 amide bonds. The van der Waals surface area contributed by atoms with Crippen LogP contribution >= 0.6 is 0 Å².